The van der Waals surface area contributed by atoms with Gasteiger partial charge >= 0.3 is 0 Å². The first-order chi connectivity index (χ1) is 10.5. The van der Waals surface area contributed by atoms with Gasteiger partial charge in [-0.15, -0.1) is 0 Å². The zero-order chi connectivity index (χ0) is 17.4. The molecule has 2 rings (SSSR count). The fraction of sp³-hybridized carbons (Fsp3) is 0.650. The Morgan fingerprint density at radius 1 is 0.913 bits per heavy atom. The summed E-state index contributed by atoms with van der Waals surface area (Å²) in [6.45, 7) is 14.9. The Hall–Kier alpha value is -1.09. The number of aromatic hydroxyl groups is 1. The molecule has 0 aliphatic carbocycles. The maximum absolute atomic E-state index is 10.8. The number of hydrogen-bond donors (Lipinski definition) is 1. The predicted octanol–water partition coefficient (Wildman–Crippen LogP) is 5.15. The number of piperidine rings is 1. The van der Waals surface area contributed by atoms with Crippen molar-refractivity contribution in [2.24, 2.45) is 0 Å². The summed E-state index contributed by atoms with van der Waals surface area (Å²) in [5, 5.41) is 10.8. The summed E-state index contributed by atoms with van der Waals surface area (Å²) < 4.78 is 0. The molecular weight excluding hydrogens is 302 g/mol. The van der Waals surface area contributed by atoms with Crippen molar-refractivity contribution in [2.45, 2.75) is 71.6 Å². The topological polar surface area (TPSA) is 23.5 Å². The van der Waals surface area contributed by atoms with Crippen LogP contribution in [0.3, 0.4) is 0 Å². The van der Waals surface area contributed by atoms with Crippen LogP contribution in [0.1, 0.15) is 77.5 Å². The molecule has 23 heavy (non-hydrogen) atoms. The van der Waals surface area contributed by atoms with Crippen LogP contribution in [0.5, 0.6) is 5.75 Å². The van der Waals surface area contributed by atoms with Crippen LogP contribution < -0.4 is 0 Å². The molecule has 1 heterocycles. The Morgan fingerprint density at radius 2 is 1.35 bits per heavy atom. The largest absolute Gasteiger partial charge is 0.507 e. The van der Waals surface area contributed by atoms with Crippen molar-refractivity contribution < 1.29 is 5.11 Å². The second-order valence-electron chi connectivity index (χ2n) is 8.77. The summed E-state index contributed by atoms with van der Waals surface area (Å²) in [7, 11) is 0. The van der Waals surface area contributed by atoms with Crippen LogP contribution in [0.4, 0.5) is 0 Å². The van der Waals surface area contributed by atoms with Crippen molar-refractivity contribution in [3.63, 3.8) is 0 Å². The molecule has 0 spiro atoms. The molecular formula is C20H31NOS. The summed E-state index contributed by atoms with van der Waals surface area (Å²) in [5.41, 5.74) is 2.82. The van der Waals surface area contributed by atoms with E-state index in [9.17, 15) is 5.11 Å². The molecule has 0 atom stereocenters. The molecule has 0 amide bonds. The van der Waals surface area contributed by atoms with Gasteiger partial charge in [-0.2, -0.15) is 0 Å². The third kappa shape index (κ3) is 4.06. The molecule has 3 heteroatoms. The van der Waals surface area contributed by atoms with E-state index in [1.807, 2.05) is 0 Å². The Morgan fingerprint density at radius 3 is 1.74 bits per heavy atom. The van der Waals surface area contributed by atoms with Crippen molar-refractivity contribution in [1.82, 2.24) is 4.90 Å². The molecule has 0 aromatic heterocycles. The first-order valence-corrected chi connectivity index (χ1v) is 9.10. The molecule has 128 valence electrons. The zero-order valence-corrected chi connectivity index (χ0v) is 16.3. The standard InChI is InChI=1S/C20H31NOS/c1-19(2,3)15-12-14(13-16(17(15)22)20(4,5)6)18(23)21-10-8-7-9-11-21/h12-13,22H,7-11H2,1-6H3. The molecule has 1 aromatic rings. The lowest BCUT2D eigenvalue weighted by Crippen LogP contribution is -2.35. The Labute approximate surface area is 146 Å². The molecule has 0 unspecified atom stereocenters. The average molecular weight is 334 g/mol. The van der Waals surface area contributed by atoms with Crippen LogP contribution in [0.15, 0.2) is 12.1 Å². The van der Waals surface area contributed by atoms with Crippen LogP contribution in [0, 0.1) is 0 Å². The maximum atomic E-state index is 10.8. The lowest BCUT2D eigenvalue weighted by atomic mass is 9.78. The highest BCUT2D eigenvalue weighted by atomic mass is 32.1. The van der Waals surface area contributed by atoms with Gasteiger partial charge in [-0.25, -0.2) is 0 Å². The van der Waals surface area contributed by atoms with Crippen LogP contribution in [0.2, 0.25) is 0 Å². The number of likely N-dealkylation sites (tertiary alicyclic amines) is 1. The molecule has 2 nitrogen and oxygen atoms in total. The summed E-state index contributed by atoms with van der Waals surface area (Å²) in [6, 6.07) is 4.20. The van der Waals surface area contributed by atoms with Gasteiger partial charge in [-0.05, 0) is 42.2 Å². The summed E-state index contributed by atoms with van der Waals surface area (Å²) >= 11 is 5.79. The van der Waals surface area contributed by atoms with Crippen molar-refractivity contribution >= 4 is 17.2 Å². The van der Waals surface area contributed by atoms with Crippen LogP contribution in [-0.4, -0.2) is 28.1 Å². The number of phenolic OH excluding ortho intramolecular Hbond substituents is 1. The number of phenols is 1. The first-order valence-electron chi connectivity index (χ1n) is 8.69. The molecule has 0 radical (unpaired) electrons. The fourth-order valence-corrected chi connectivity index (χ4v) is 3.48. The summed E-state index contributed by atoms with van der Waals surface area (Å²) in [4.78, 5) is 3.25. The summed E-state index contributed by atoms with van der Waals surface area (Å²) in [6.07, 6.45) is 3.74. The number of thiocarbonyl (C=S) groups is 1. The number of hydrogen-bond acceptors (Lipinski definition) is 2. The van der Waals surface area contributed by atoms with Gasteiger partial charge in [-0.3, -0.25) is 0 Å². The highest BCUT2D eigenvalue weighted by Crippen LogP contribution is 2.40. The fourth-order valence-electron chi connectivity index (χ4n) is 3.18. The van der Waals surface area contributed by atoms with Crippen molar-refractivity contribution in [3.05, 3.63) is 28.8 Å². The Bertz CT molecular complexity index is 552. The van der Waals surface area contributed by atoms with E-state index in [2.05, 4.69) is 58.6 Å². The van der Waals surface area contributed by atoms with Gasteiger partial charge in [0.15, 0.2) is 0 Å². The third-order valence-corrected chi connectivity index (χ3v) is 5.11. The van der Waals surface area contributed by atoms with E-state index < -0.39 is 0 Å². The van der Waals surface area contributed by atoms with E-state index in [0.717, 1.165) is 34.8 Å². The quantitative estimate of drug-likeness (QED) is 0.719. The van der Waals surface area contributed by atoms with E-state index in [1.54, 1.807) is 0 Å². The van der Waals surface area contributed by atoms with Crippen LogP contribution in [-0.2, 0) is 10.8 Å². The molecule has 1 saturated heterocycles. The van der Waals surface area contributed by atoms with Gasteiger partial charge < -0.3 is 10.0 Å². The smallest absolute Gasteiger partial charge is 0.123 e. The van der Waals surface area contributed by atoms with Gasteiger partial charge in [0.05, 0.1) is 0 Å². The van der Waals surface area contributed by atoms with Gasteiger partial charge in [0.1, 0.15) is 10.7 Å². The first kappa shape index (κ1) is 18.3. The van der Waals surface area contributed by atoms with E-state index in [-0.39, 0.29) is 10.8 Å². The van der Waals surface area contributed by atoms with Gasteiger partial charge in [-0.1, -0.05) is 53.8 Å². The molecule has 1 aliphatic heterocycles. The average Bonchev–Trinajstić information content (AvgIpc) is 2.45. The minimum atomic E-state index is -0.113. The van der Waals surface area contributed by atoms with Gasteiger partial charge in [0.2, 0.25) is 0 Å². The van der Waals surface area contributed by atoms with Gasteiger partial charge in [0, 0.05) is 29.8 Å². The maximum Gasteiger partial charge on any atom is 0.123 e. The monoisotopic (exact) mass is 333 g/mol. The van der Waals surface area contributed by atoms with E-state index in [4.69, 9.17) is 12.2 Å². The van der Waals surface area contributed by atoms with E-state index in [0.29, 0.717) is 5.75 Å². The number of rotatable bonds is 1. The minimum Gasteiger partial charge on any atom is -0.507 e. The lowest BCUT2D eigenvalue weighted by Gasteiger charge is -2.32. The Kier molecular flexibility index (Phi) is 5.10. The van der Waals surface area contributed by atoms with Gasteiger partial charge in [0.25, 0.3) is 0 Å². The normalized spacial score (nSPS) is 16.5. The second-order valence-corrected chi connectivity index (χ2v) is 9.16. The molecule has 1 aliphatic rings. The van der Waals surface area contributed by atoms with E-state index in [1.165, 1.54) is 19.3 Å². The molecule has 0 bridgehead atoms. The van der Waals surface area contributed by atoms with Crippen LogP contribution >= 0.6 is 12.2 Å². The zero-order valence-electron chi connectivity index (χ0n) is 15.5. The predicted molar refractivity (Wildman–Crippen MR) is 103 cm³/mol. The highest BCUT2D eigenvalue weighted by Gasteiger charge is 2.28. The number of benzene rings is 1. The van der Waals surface area contributed by atoms with Crippen molar-refractivity contribution in [1.29, 1.82) is 0 Å². The van der Waals surface area contributed by atoms with Crippen molar-refractivity contribution in [3.8, 4) is 5.75 Å². The van der Waals surface area contributed by atoms with Crippen molar-refractivity contribution in [2.75, 3.05) is 13.1 Å². The second kappa shape index (κ2) is 6.43. The number of nitrogens with zero attached hydrogens (tertiary/aromatic N) is 1. The Balaban J connectivity index is 2.53. The molecule has 1 fully saturated rings. The lowest BCUT2D eigenvalue weighted by molar-refractivity contribution is 0.347. The molecule has 1 N–H and O–H groups in total. The molecule has 1 aromatic carbocycles. The van der Waals surface area contributed by atoms with Crippen LogP contribution in [0.25, 0.3) is 0 Å². The van der Waals surface area contributed by atoms with E-state index >= 15 is 0 Å². The minimum absolute atomic E-state index is 0.113. The molecule has 0 saturated carbocycles. The highest BCUT2D eigenvalue weighted by molar-refractivity contribution is 7.80. The summed E-state index contributed by atoms with van der Waals surface area (Å²) in [5.74, 6) is 0.426. The SMILES string of the molecule is CC(C)(C)c1cc(C(=S)N2CCCCC2)cc(C(C)(C)C)c1O. The third-order valence-electron chi connectivity index (χ3n) is 4.62.